The van der Waals surface area contributed by atoms with Crippen LogP contribution in [0.15, 0.2) is 71.6 Å². The van der Waals surface area contributed by atoms with Crippen molar-refractivity contribution in [2.45, 2.75) is 52.2 Å². The van der Waals surface area contributed by atoms with Gasteiger partial charge in [0.1, 0.15) is 30.1 Å². The molecule has 2 aromatic carbocycles. The number of unbranched alkanes of at least 4 members (excludes halogenated alkanes) is 1. The van der Waals surface area contributed by atoms with Gasteiger partial charge in [-0.25, -0.2) is 9.97 Å². The Morgan fingerprint density at radius 3 is 2.54 bits per heavy atom. The van der Waals surface area contributed by atoms with Crippen molar-refractivity contribution in [3.05, 3.63) is 101 Å². The van der Waals surface area contributed by atoms with E-state index in [1.54, 1.807) is 12.5 Å². The van der Waals surface area contributed by atoms with Gasteiger partial charge in [-0.15, -0.1) is 0 Å². The van der Waals surface area contributed by atoms with Gasteiger partial charge in [0.2, 0.25) is 5.89 Å². The number of rotatable bonds is 13. The van der Waals surface area contributed by atoms with Crippen LogP contribution in [0.4, 0.5) is 0 Å². The normalized spacial score (nSPS) is 11.4. The molecule has 0 saturated carbocycles. The second kappa shape index (κ2) is 12.7. The summed E-state index contributed by atoms with van der Waals surface area (Å²) in [6, 6.07) is 16.7. The molecule has 35 heavy (non-hydrogen) atoms. The van der Waals surface area contributed by atoms with Crippen molar-refractivity contribution in [1.29, 1.82) is 0 Å². The largest absolute Gasteiger partial charge is 0.487 e. The lowest BCUT2D eigenvalue weighted by molar-refractivity contribution is 0.294. The Morgan fingerprint density at radius 2 is 1.77 bits per heavy atom. The Morgan fingerprint density at radius 1 is 0.971 bits per heavy atom. The second-order valence-electron chi connectivity index (χ2n) is 8.51. The summed E-state index contributed by atoms with van der Waals surface area (Å²) in [5.74, 6) is 2.33. The summed E-state index contributed by atoms with van der Waals surface area (Å²) >= 11 is 0. The number of nitrogens with zero attached hydrogens (tertiary/aromatic N) is 3. The van der Waals surface area contributed by atoms with Gasteiger partial charge in [-0.3, -0.25) is 0 Å². The first-order chi connectivity index (χ1) is 17.2. The fourth-order valence-electron chi connectivity index (χ4n) is 3.89. The summed E-state index contributed by atoms with van der Waals surface area (Å²) in [6.45, 7) is 3.58. The van der Waals surface area contributed by atoms with E-state index in [1.807, 2.05) is 30.5 Å². The summed E-state index contributed by atoms with van der Waals surface area (Å²) in [5.41, 5.74) is 4.49. The number of aryl methyl sites for hydroxylation is 3. The molecule has 4 rings (SSSR count). The average molecular weight is 472 g/mol. The fraction of sp³-hybridized carbons (Fsp3) is 0.310. The number of aromatic nitrogens is 3. The minimum Gasteiger partial charge on any atom is -0.487 e. The molecule has 6 heteroatoms. The van der Waals surface area contributed by atoms with Crippen molar-refractivity contribution in [2.75, 3.05) is 6.61 Å². The Bertz CT molecular complexity index is 1190. The average Bonchev–Trinajstić information content (AvgIpc) is 3.55. The zero-order valence-electron chi connectivity index (χ0n) is 20.3. The summed E-state index contributed by atoms with van der Waals surface area (Å²) in [5, 5.41) is 9.11. The van der Waals surface area contributed by atoms with Gasteiger partial charge in [0.15, 0.2) is 0 Å². The van der Waals surface area contributed by atoms with Crippen LogP contribution in [-0.4, -0.2) is 26.2 Å². The van der Waals surface area contributed by atoms with Crippen LogP contribution in [0.2, 0.25) is 0 Å². The topological polar surface area (TPSA) is 73.3 Å². The number of hydrogen-bond acceptors (Lipinski definition) is 5. The molecule has 0 aliphatic rings. The summed E-state index contributed by atoms with van der Waals surface area (Å²) < 4.78 is 13.6. The second-order valence-corrected chi connectivity index (χ2v) is 8.51. The number of hydrogen-bond donors (Lipinski definition) is 1. The summed E-state index contributed by atoms with van der Waals surface area (Å²) in [6.07, 6.45) is 14.1. The fourth-order valence-corrected chi connectivity index (χ4v) is 3.89. The van der Waals surface area contributed by atoms with Gasteiger partial charge in [0.25, 0.3) is 0 Å². The van der Waals surface area contributed by atoms with Crippen LogP contribution in [0.3, 0.4) is 0 Å². The zero-order chi connectivity index (χ0) is 24.3. The van der Waals surface area contributed by atoms with E-state index in [0.29, 0.717) is 18.9 Å². The van der Waals surface area contributed by atoms with E-state index < -0.39 is 0 Å². The van der Waals surface area contributed by atoms with E-state index in [1.165, 1.54) is 11.1 Å². The van der Waals surface area contributed by atoms with E-state index in [9.17, 15) is 0 Å². The Balaban J connectivity index is 1.19. The molecule has 0 aliphatic heterocycles. The maximum atomic E-state index is 9.11. The van der Waals surface area contributed by atoms with Gasteiger partial charge in [0, 0.05) is 31.4 Å². The molecule has 0 atom stereocenters. The zero-order valence-corrected chi connectivity index (χ0v) is 20.3. The van der Waals surface area contributed by atoms with E-state index in [4.69, 9.17) is 14.3 Å². The molecule has 0 spiro atoms. The highest BCUT2D eigenvalue weighted by Crippen LogP contribution is 2.17. The minimum atomic E-state index is 0.133. The van der Waals surface area contributed by atoms with Gasteiger partial charge in [-0.1, -0.05) is 43.3 Å². The first kappa shape index (κ1) is 24.5. The third-order valence-electron chi connectivity index (χ3n) is 5.94. The quantitative estimate of drug-likeness (QED) is 0.252. The van der Waals surface area contributed by atoms with Gasteiger partial charge in [-0.05, 0) is 60.6 Å². The monoisotopic (exact) mass is 471 g/mol. The molecule has 4 aromatic rings. The number of aliphatic hydroxyl groups excluding tert-OH is 1. The maximum absolute atomic E-state index is 9.11. The maximum Gasteiger partial charge on any atom is 0.218 e. The molecule has 6 nitrogen and oxygen atoms in total. The summed E-state index contributed by atoms with van der Waals surface area (Å²) in [4.78, 5) is 8.78. The molecule has 0 bridgehead atoms. The highest BCUT2D eigenvalue weighted by atomic mass is 16.5. The predicted octanol–water partition coefficient (Wildman–Crippen LogP) is 5.74. The van der Waals surface area contributed by atoms with Crippen molar-refractivity contribution in [1.82, 2.24) is 14.5 Å². The lowest BCUT2D eigenvalue weighted by atomic mass is 10.1. The van der Waals surface area contributed by atoms with E-state index >= 15 is 0 Å². The number of aliphatic hydroxyl groups is 1. The predicted molar refractivity (Wildman–Crippen MR) is 138 cm³/mol. The highest BCUT2D eigenvalue weighted by molar-refractivity contribution is 5.66. The highest BCUT2D eigenvalue weighted by Gasteiger charge is 2.04. The van der Waals surface area contributed by atoms with Crippen LogP contribution in [0.5, 0.6) is 5.75 Å². The number of benzene rings is 2. The summed E-state index contributed by atoms with van der Waals surface area (Å²) in [7, 11) is 0. The van der Waals surface area contributed by atoms with Crippen LogP contribution in [-0.2, 0) is 32.4 Å². The number of imidazole rings is 1. The molecule has 2 aromatic heterocycles. The molecule has 0 amide bonds. The Kier molecular flexibility index (Phi) is 8.90. The minimum absolute atomic E-state index is 0.133. The van der Waals surface area contributed by atoms with Crippen molar-refractivity contribution in [3.8, 4) is 5.75 Å². The molecule has 0 aliphatic carbocycles. The third kappa shape index (κ3) is 7.42. The molecule has 0 radical (unpaired) electrons. The SMILES string of the molecule is CCc1ccc(/C=C/c2nc(COc3ccc(CCCCn4ccnc4CCO)cc3)co2)cc1. The molecular formula is C29H33N3O3. The van der Waals surface area contributed by atoms with Crippen molar-refractivity contribution < 1.29 is 14.3 Å². The molecule has 2 heterocycles. The van der Waals surface area contributed by atoms with Gasteiger partial charge in [0.05, 0.1) is 6.61 Å². The van der Waals surface area contributed by atoms with Crippen molar-refractivity contribution in [3.63, 3.8) is 0 Å². The number of oxazole rings is 1. The number of ether oxygens (including phenoxy) is 1. The van der Waals surface area contributed by atoms with Crippen LogP contribution in [0.25, 0.3) is 12.2 Å². The Labute approximate surface area is 206 Å². The van der Waals surface area contributed by atoms with Crippen LogP contribution in [0.1, 0.15) is 53.9 Å². The molecule has 0 fully saturated rings. The first-order valence-electron chi connectivity index (χ1n) is 12.3. The molecule has 0 unspecified atom stereocenters. The lowest BCUT2D eigenvalue weighted by Gasteiger charge is -2.08. The van der Waals surface area contributed by atoms with Crippen molar-refractivity contribution >= 4 is 12.2 Å². The van der Waals surface area contributed by atoms with E-state index in [-0.39, 0.29) is 6.61 Å². The standard InChI is InChI=1S/C29H33N3O3/c1-2-23-6-8-25(9-7-23)12-15-29-31-26(22-35-29)21-34-27-13-10-24(11-14-27)5-3-4-18-32-19-17-30-28(32)16-20-33/h6-15,17,19,22,33H,2-5,16,18,20-21H2,1H3/b15-12+. The van der Waals surface area contributed by atoms with Crippen molar-refractivity contribution in [2.24, 2.45) is 0 Å². The van der Waals surface area contributed by atoms with Gasteiger partial charge in [-0.2, -0.15) is 0 Å². The smallest absolute Gasteiger partial charge is 0.218 e. The van der Waals surface area contributed by atoms with E-state index in [0.717, 1.165) is 55.1 Å². The van der Waals surface area contributed by atoms with Gasteiger partial charge >= 0.3 is 0 Å². The van der Waals surface area contributed by atoms with Gasteiger partial charge < -0.3 is 18.8 Å². The van der Waals surface area contributed by atoms with Crippen LogP contribution < -0.4 is 4.74 Å². The molecule has 0 saturated heterocycles. The van der Waals surface area contributed by atoms with E-state index in [2.05, 4.69) is 57.9 Å². The molecular weight excluding hydrogens is 438 g/mol. The lowest BCUT2D eigenvalue weighted by Crippen LogP contribution is -2.05. The Hall–Kier alpha value is -3.64. The molecule has 182 valence electrons. The van der Waals surface area contributed by atoms with Crippen LogP contribution in [0, 0.1) is 0 Å². The molecule has 1 N–H and O–H groups in total. The first-order valence-corrected chi connectivity index (χ1v) is 12.3. The third-order valence-corrected chi connectivity index (χ3v) is 5.94. The van der Waals surface area contributed by atoms with Crippen LogP contribution >= 0.6 is 0 Å².